The lowest BCUT2D eigenvalue weighted by atomic mass is 9.46. The van der Waals surface area contributed by atoms with Crippen LogP contribution in [0.15, 0.2) is 11.1 Å². The predicted octanol–water partition coefficient (Wildman–Crippen LogP) is 8.17. The van der Waals surface area contributed by atoms with E-state index in [4.69, 9.17) is 0 Å². The van der Waals surface area contributed by atoms with Crippen LogP contribution in [-0.2, 0) is 0 Å². The standard InChI is InChI=1S/C29H50O/c1-19(2)9-8-10-20(3)22-12-13-23-21-11-14-25-27(4,5)26(30)16-18-29(25,7)24(21)15-17-28(22,23)6/h19-20,22-23,25-26,30H,8-18H2,1-7H3. The smallest absolute Gasteiger partial charge is 0.0594 e. The first-order valence-corrected chi connectivity index (χ1v) is 13.4. The molecule has 0 aromatic carbocycles. The summed E-state index contributed by atoms with van der Waals surface area (Å²) in [6, 6.07) is 0. The topological polar surface area (TPSA) is 20.2 Å². The third kappa shape index (κ3) is 3.45. The van der Waals surface area contributed by atoms with E-state index in [1.165, 1.54) is 64.2 Å². The van der Waals surface area contributed by atoms with Crippen LogP contribution in [0.25, 0.3) is 0 Å². The zero-order chi connectivity index (χ0) is 21.9. The minimum Gasteiger partial charge on any atom is -0.393 e. The van der Waals surface area contributed by atoms with E-state index < -0.39 is 0 Å². The molecule has 0 heterocycles. The van der Waals surface area contributed by atoms with Gasteiger partial charge in [-0.2, -0.15) is 0 Å². The highest BCUT2D eigenvalue weighted by molar-refractivity contribution is 5.35. The van der Waals surface area contributed by atoms with Crippen LogP contribution >= 0.6 is 0 Å². The maximum Gasteiger partial charge on any atom is 0.0594 e. The monoisotopic (exact) mass is 414 g/mol. The van der Waals surface area contributed by atoms with E-state index in [1.807, 2.05) is 11.1 Å². The second-order valence-corrected chi connectivity index (χ2v) is 13.4. The summed E-state index contributed by atoms with van der Waals surface area (Å²) in [5.41, 5.74) is 4.73. The second-order valence-electron chi connectivity index (χ2n) is 13.4. The Morgan fingerprint density at radius 3 is 2.33 bits per heavy atom. The minimum atomic E-state index is -0.117. The molecule has 0 radical (unpaired) electrons. The molecule has 4 aliphatic rings. The summed E-state index contributed by atoms with van der Waals surface area (Å²) in [5.74, 6) is 4.17. The van der Waals surface area contributed by atoms with Gasteiger partial charge in [-0.15, -0.1) is 0 Å². The Hall–Kier alpha value is -0.300. The van der Waals surface area contributed by atoms with E-state index in [2.05, 4.69) is 48.5 Å². The van der Waals surface area contributed by atoms with Crippen LogP contribution in [0.3, 0.4) is 0 Å². The molecule has 0 aromatic heterocycles. The highest BCUT2D eigenvalue weighted by Crippen LogP contribution is 2.68. The van der Waals surface area contributed by atoms with Crippen molar-refractivity contribution in [2.45, 2.75) is 125 Å². The Bertz CT molecular complexity index is 672. The van der Waals surface area contributed by atoms with Crippen LogP contribution in [0.1, 0.15) is 119 Å². The van der Waals surface area contributed by atoms with Crippen molar-refractivity contribution in [3.05, 3.63) is 11.1 Å². The maximum absolute atomic E-state index is 10.8. The third-order valence-electron chi connectivity index (χ3n) is 11.1. The number of rotatable bonds is 5. The minimum absolute atomic E-state index is 0.0649. The van der Waals surface area contributed by atoms with Crippen molar-refractivity contribution in [2.75, 3.05) is 0 Å². The molecule has 0 bridgehead atoms. The molecular weight excluding hydrogens is 364 g/mol. The highest BCUT2D eigenvalue weighted by Gasteiger charge is 2.59. The van der Waals surface area contributed by atoms with Gasteiger partial charge in [-0.1, -0.05) is 78.9 Å². The van der Waals surface area contributed by atoms with Gasteiger partial charge in [0.15, 0.2) is 0 Å². The fraction of sp³-hybridized carbons (Fsp3) is 0.931. The Kier molecular flexibility index (Phi) is 6.05. The van der Waals surface area contributed by atoms with Crippen LogP contribution in [0.2, 0.25) is 0 Å². The zero-order valence-corrected chi connectivity index (χ0v) is 21.2. The summed E-state index contributed by atoms with van der Waals surface area (Å²) in [4.78, 5) is 0. The summed E-state index contributed by atoms with van der Waals surface area (Å²) in [7, 11) is 0. The van der Waals surface area contributed by atoms with Gasteiger partial charge < -0.3 is 5.11 Å². The zero-order valence-electron chi connectivity index (χ0n) is 21.2. The van der Waals surface area contributed by atoms with E-state index in [1.54, 1.807) is 0 Å². The number of fused-ring (bicyclic) bond motifs is 4. The molecular formula is C29H50O. The first kappa shape index (κ1) is 22.9. The van der Waals surface area contributed by atoms with Gasteiger partial charge in [-0.25, -0.2) is 0 Å². The van der Waals surface area contributed by atoms with Gasteiger partial charge in [0.25, 0.3) is 0 Å². The van der Waals surface area contributed by atoms with Crippen LogP contribution in [-0.4, -0.2) is 11.2 Å². The quantitative estimate of drug-likeness (QED) is 0.450. The number of allylic oxidation sites excluding steroid dienone is 2. The van der Waals surface area contributed by atoms with E-state index in [0.29, 0.717) is 16.7 Å². The molecule has 172 valence electrons. The average Bonchev–Trinajstić information content (AvgIpc) is 3.02. The van der Waals surface area contributed by atoms with Gasteiger partial charge in [-0.05, 0) is 97.2 Å². The van der Waals surface area contributed by atoms with Gasteiger partial charge >= 0.3 is 0 Å². The Labute approximate surface area is 187 Å². The lowest BCUT2D eigenvalue weighted by molar-refractivity contribution is -0.0931. The van der Waals surface area contributed by atoms with E-state index >= 15 is 0 Å². The fourth-order valence-corrected chi connectivity index (χ4v) is 9.31. The van der Waals surface area contributed by atoms with Crippen molar-refractivity contribution in [2.24, 2.45) is 45.8 Å². The second kappa shape index (κ2) is 7.93. The van der Waals surface area contributed by atoms with Crippen LogP contribution in [0, 0.1) is 45.8 Å². The van der Waals surface area contributed by atoms with Crippen molar-refractivity contribution < 1.29 is 5.11 Å². The predicted molar refractivity (Wildman–Crippen MR) is 128 cm³/mol. The molecule has 1 N–H and O–H groups in total. The molecule has 4 rings (SSSR count). The fourth-order valence-electron chi connectivity index (χ4n) is 9.31. The van der Waals surface area contributed by atoms with Crippen LogP contribution in [0.5, 0.6) is 0 Å². The number of aliphatic hydroxyl groups is 1. The molecule has 7 atom stereocenters. The Morgan fingerprint density at radius 2 is 1.63 bits per heavy atom. The SMILES string of the molecule is CC(C)CCCC(C)C1CCC2C3=C(CCC21C)C1(C)CCC(O)C(C)(C)C1CC3. The van der Waals surface area contributed by atoms with Gasteiger partial charge in [0.05, 0.1) is 6.10 Å². The average molecular weight is 415 g/mol. The van der Waals surface area contributed by atoms with Crippen molar-refractivity contribution in [3.63, 3.8) is 0 Å². The summed E-state index contributed by atoms with van der Waals surface area (Å²) in [6.45, 7) is 17.3. The number of hydrogen-bond donors (Lipinski definition) is 1. The van der Waals surface area contributed by atoms with E-state index in [0.717, 1.165) is 30.1 Å². The molecule has 0 spiro atoms. The first-order valence-electron chi connectivity index (χ1n) is 13.4. The van der Waals surface area contributed by atoms with Crippen LogP contribution in [0.4, 0.5) is 0 Å². The number of aliphatic hydroxyl groups excluding tert-OH is 1. The third-order valence-corrected chi connectivity index (χ3v) is 11.1. The highest BCUT2D eigenvalue weighted by atomic mass is 16.3. The van der Waals surface area contributed by atoms with Crippen molar-refractivity contribution in [1.82, 2.24) is 0 Å². The molecule has 0 amide bonds. The molecule has 2 fully saturated rings. The molecule has 7 unspecified atom stereocenters. The summed E-state index contributed by atoms with van der Waals surface area (Å²) in [5, 5.41) is 10.8. The summed E-state index contributed by atoms with van der Waals surface area (Å²) < 4.78 is 0. The lowest BCUT2D eigenvalue weighted by Gasteiger charge is -2.60. The maximum atomic E-state index is 10.8. The molecule has 1 nitrogen and oxygen atoms in total. The summed E-state index contributed by atoms with van der Waals surface area (Å²) in [6.07, 6.45) is 14.6. The molecule has 0 aromatic rings. The van der Waals surface area contributed by atoms with Gasteiger partial charge in [0.1, 0.15) is 0 Å². The van der Waals surface area contributed by atoms with Crippen molar-refractivity contribution >= 4 is 0 Å². The summed E-state index contributed by atoms with van der Waals surface area (Å²) >= 11 is 0. The lowest BCUT2D eigenvalue weighted by Crippen LogP contribution is -2.53. The molecule has 2 saturated carbocycles. The van der Waals surface area contributed by atoms with Crippen molar-refractivity contribution in [3.8, 4) is 0 Å². The Balaban J connectivity index is 1.57. The van der Waals surface area contributed by atoms with Gasteiger partial charge in [-0.3, -0.25) is 0 Å². The number of hydrogen-bond acceptors (Lipinski definition) is 1. The first-order chi connectivity index (χ1) is 14.0. The normalized spacial score (nSPS) is 43.9. The molecule has 0 aliphatic heterocycles. The molecule has 30 heavy (non-hydrogen) atoms. The Morgan fingerprint density at radius 1 is 0.900 bits per heavy atom. The molecule has 1 heteroatoms. The van der Waals surface area contributed by atoms with E-state index in [9.17, 15) is 5.11 Å². The molecule has 0 saturated heterocycles. The van der Waals surface area contributed by atoms with Crippen LogP contribution < -0.4 is 0 Å². The van der Waals surface area contributed by atoms with Gasteiger partial charge in [0.2, 0.25) is 0 Å². The molecule has 4 aliphatic carbocycles. The van der Waals surface area contributed by atoms with Gasteiger partial charge in [0, 0.05) is 0 Å². The van der Waals surface area contributed by atoms with Crippen molar-refractivity contribution in [1.29, 1.82) is 0 Å². The van der Waals surface area contributed by atoms with E-state index in [-0.39, 0.29) is 11.5 Å². The largest absolute Gasteiger partial charge is 0.393 e.